The fourth-order valence-corrected chi connectivity index (χ4v) is 1.73. The van der Waals surface area contributed by atoms with Crippen molar-refractivity contribution in [1.29, 1.82) is 0 Å². The van der Waals surface area contributed by atoms with Crippen LogP contribution in [0, 0.1) is 5.82 Å². The number of rotatable bonds is 5. The van der Waals surface area contributed by atoms with Crippen molar-refractivity contribution < 1.29 is 23.4 Å². The molecule has 4 nitrogen and oxygen atoms in total. The van der Waals surface area contributed by atoms with Crippen molar-refractivity contribution in [3.05, 3.63) is 29.6 Å². The largest absolute Gasteiger partial charge is 0.490 e. The lowest BCUT2D eigenvalue weighted by atomic mass is 10.00. The van der Waals surface area contributed by atoms with E-state index in [0.717, 1.165) is 0 Å². The van der Waals surface area contributed by atoms with Crippen LogP contribution < -0.4 is 4.74 Å². The van der Waals surface area contributed by atoms with E-state index in [2.05, 4.69) is 0 Å². The van der Waals surface area contributed by atoms with Gasteiger partial charge in [-0.1, -0.05) is 6.07 Å². The molecule has 1 saturated heterocycles. The van der Waals surface area contributed by atoms with E-state index < -0.39 is 11.7 Å². The van der Waals surface area contributed by atoms with E-state index in [1.807, 2.05) is 6.92 Å². The predicted molar refractivity (Wildman–Crippen MR) is 66.7 cm³/mol. The van der Waals surface area contributed by atoms with Crippen LogP contribution >= 0.6 is 0 Å². The number of methoxy groups -OCH3 is 1. The second kappa shape index (κ2) is 5.17. The molecule has 1 aromatic carbocycles. The summed E-state index contributed by atoms with van der Waals surface area (Å²) < 4.78 is 28.8. The van der Waals surface area contributed by atoms with Crippen molar-refractivity contribution in [2.75, 3.05) is 20.3 Å². The lowest BCUT2D eigenvalue weighted by Crippen LogP contribution is -2.19. The number of epoxide rings is 1. The highest BCUT2D eigenvalue weighted by Crippen LogP contribution is 2.32. The zero-order valence-corrected chi connectivity index (χ0v) is 11.2. The lowest BCUT2D eigenvalue weighted by Gasteiger charge is -2.16. The van der Waals surface area contributed by atoms with E-state index in [4.69, 9.17) is 14.2 Å². The zero-order chi connectivity index (χ0) is 14.0. The van der Waals surface area contributed by atoms with Gasteiger partial charge in [0, 0.05) is 11.6 Å². The second-order valence-electron chi connectivity index (χ2n) is 4.95. The number of carbonyl (C=O) groups excluding carboxylic acids is 1. The SMILES string of the molecule is COC(=O)C(C)c1ccc(F)cc1OC[C@@]1(C)CO1. The predicted octanol–water partition coefficient (Wildman–Crippen LogP) is 2.27. The standard InChI is InChI=1S/C14H17FO4/c1-9(13(16)17-3)11-5-4-10(15)6-12(11)18-7-14(2)8-19-14/h4-6,9H,7-8H2,1-3H3/t9?,14-/m0/s1. The van der Waals surface area contributed by atoms with E-state index in [1.165, 1.54) is 19.2 Å². The molecule has 5 heteroatoms. The highest BCUT2D eigenvalue weighted by molar-refractivity contribution is 5.78. The first kappa shape index (κ1) is 13.8. The Hall–Kier alpha value is -1.62. The topological polar surface area (TPSA) is 48.1 Å². The highest BCUT2D eigenvalue weighted by Gasteiger charge is 2.40. The molecule has 0 aromatic heterocycles. The molecular formula is C14H17FO4. The summed E-state index contributed by atoms with van der Waals surface area (Å²) in [6.45, 7) is 4.57. The van der Waals surface area contributed by atoms with E-state index in [1.54, 1.807) is 13.0 Å². The van der Waals surface area contributed by atoms with Gasteiger partial charge in [-0.3, -0.25) is 4.79 Å². The van der Waals surface area contributed by atoms with Crippen LogP contribution in [0.1, 0.15) is 25.3 Å². The summed E-state index contributed by atoms with van der Waals surface area (Å²) in [5, 5.41) is 0. The van der Waals surface area contributed by atoms with Gasteiger partial charge >= 0.3 is 5.97 Å². The normalized spacial score (nSPS) is 22.7. The molecule has 1 heterocycles. The van der Waals surface area contributed by atoms with E-state index in [0.29, 0.717) is 24.5 Å². The molecule has 1 aliphatic rings. The van der Waals surface area contributed by atoms with E-state index >= 15 is 0 Å². The molecule has 104 valence electrons. The molecule has 0 saturated carbocycles. The van der Waals surface area contributed by atoms with Crippen LogP contribution in [0.2, 0.25) is 0 Å². The molecule has 1 aliphatic heterocycles. The Morgan fingerprint density at radius 2 is 2.26 bits per heavy atom. The average molecular weight is 268 g/mol. The van der Waals surface area contributed by atoms with Crippen molar-refractivity contribution in [1.82, 2.24) is 0 Å². The molecule has 2 rings (SSSR count). The highest BCUT2D eigenvalue weighted by atomic mass is 19.1. The summed E-state index contributed by atoms with van der Waals surface area (Å²) in [5.41, 5.74) is 0.315. The minimum Gasteiger partial charge on any atom is -0.490 e. The van der Waals surface area contributed by atoms with Crippen molar-refractivity contribution in [2.24, 2.45) is 0 Å². The molecule has 19 heavy (non-hydrogen) atoms. The van der Waals surface area contributed by atoms with Crippen LogP contribution in [0.15, 0.2) is 18.2 Å². The van der Waals surface area contributed by atoms with Gasteiger partial charge in [0.05, 0.1) is 19.6 Å². The molecule has 0 radical (unpaired) electrons. The second-order valence-corrected chi connectivity index (χ2v) is 4.95. The molecule has 0 bridgehead atoms. The first-order valence-electron chi connectivity index (χ1n) is 6.09. The number of halogens is 1. The molecule has 0 aliphatic carbocycles. The Kier molecular flexibility index (Phi) is 3.75. The number of esters is 1. The third kappa shape index (κ3) is 3.23. The number of carbonyl (C=O) groups is 1. The fraction of sp³-hybridized carbons (Fsp3) is 0.500. The zero-order valence-electron chi connectivity index (χ0n) is 11.2. The maximum Gasteiger partial charge on any atom is 0.312 e. The van der Waals surface area contributed by atoms with Gasteiger partial charge in [0.2, 0.25) is 0 Å². The van der Waals surface area contributed by atoms with Crippen LogP contribution in [0.3, 0.4) is 0 Å². The van der Waals surface area contributed by atoms with Gasteiger partial charge in [-0.15, -0.1) is 0 Å². The molecule has 0 spiro atoms. The molecular weight excluding hydrogens is 251 g/mol. The monoisotopic (exact) mass is 268 g/mol. The van der Waals surface area contributed by atoms with Crippen molar-refractivity contribution >= 4 is 5.97 Å². The van der Waals surface area contributed by atoms with E-state index in [-0.39, 0.29) is 11.6 Å². The number of benzene rings is 1. The molecule has 0 N–H and O–H groups in total. The third-order valence-electron chi connectivity index (χ3n) is 3.17. The van der Waals surface area contributed by atoms with Crippen molar-refractivity contribution in [3.8, 4) is 5.75 Å². The summed E-state index contributed by atoms with van der Waals surface area (Å²) in [6, 6.07) is 4.12. The van der Waals surface area contributed by atoms with Gasteiger partial charge in [-0.2, -0.15) is 0 Å². The van der Waals surface area contributed by atoms with Gasteiger partial charge in [-0.05, 0) is 19.9 Å². The Morgan fingerprint density at radius 3 is 2.84 bits per heavy atom. The first-order valence-corrected chi connectivity index (χ1v) is 6.09. The van der Waals surface area contributed by atoms with Gasteiger partial charge in [-0.25, -0.2) is 4.39 Å². The minimum absolute atomic E-state index is 0.294. The van der Waals surface area contributed by atoms with Gasteiger partial charge in [0.1, 0.15) is 23.8 Å². The minimum atomic E-state index is -0.506. The van der Waals surface area contributed by atoms with Crippen LogP contribution in [-0.2, 0) is 14.3 Å². The summed E-state index contributed by atoms with van der Waals surface area (Å²) in [5.74, 6) is -0.939. The van der Waals surface area contributed by atoms with Crippen LogP contribution in [0.5, 0.6) is 5.75 Å². The third-order valence-corrected chi connectivity index (χ3v) is 3.17. The maximum atomic E-state index is 13.3. The molecule has 2 atom stereocenters. The van der Waals surface area contributed by atoms with Gasteiger partial charge in [0.15, 0.2) is 0 Å². The molecule has 0 amide bonds. The van der Waals surface area contributed by atoms with Gasteiger partial charge < -0.3 is 14.2 Å². The van der Waals surface area contributed by atoms with Gasteiger partial charge in [0.25, 0.3) is 0 Å². The number of hydrogen-bond donors (Lipinski definition) is 0. The Morgan fingerprint density at radius 1 is 1.58 bits per heavy atom. The molecule has 1 fully saturated rings. The Balaban J connectivity index is 2.19. The Labute approximate surface area is 111 Å². The Bertz CT molecular complexity index is 482. The quantitative estimate of drug-likeness (QED) is 0.607. The van der Waals surface area contributed by atoms with Crippen molar-refractivity contribution in [3.63, 3.8) is 0 Å². The van der Waals surface area contributed by atoms with Crippen LogP contribution in [0.4, 0.5) is 4.39 Å². The van der Waals surface area contributed by atoms with E-state index in [9.17, 15) is 9.18 Å². The maximum absolute atomic E-state index is 13.3. The fourth-order valence-electron chi connectivity index (χ4n) is 1.73. The molecule has 1 aromatic rings. The summed E-state index contributed by atoms with van der Waals surface area (Å²) in [7, 11) is 1.32. The summed E-state index contributed by atoms with van der Waals surface area (Å²) in [6.07, 6.45) is 0. The molecule has 1 unspecified atom stereocenters. The van der Waals surface area contributed by atoms with Crippen molar-refractivity contribution in [2.45, 2.75) is 25.4 Å². The van der Waals surface area contributed by atoms with Crippen LogP contribution in [-0.4, -0.2) is 31.9 Å². The smallest absolute Gasteiger partial charge is 0.312 e. The summed E-state index contributed by atoms with van der Waals surface area (Å²) >= 11 is 0. The first-order chi connectivity index (χ1) is 8.95. The lowest BCUT2D eigenvalue weighted by molar-refractivity contribution is -0.142. The van der Waals surface area contributed by atoms with Crippen LogP contribution in [0.25, 0.3) is 0 Å². The summed E-state index contributed by atoms with van der Waals surface area (Å²) in [4.78, 5) is 11.6. The number of ether oxygens (including phenoxy) is 3. The number of hydrogen-bond acceptors (Lipinski definition) is 4. The average Bonchev–Trinajstić information content (AvgIpc) is 3.13.